The van der Waals surface area contributed by atoms with Crippen LogP contribution in [0.5, 0.6) is 5.75 Å². The van der Waals surface area contributed by atoms with Crippen LogP contribution in [0.2, 0.25) is 0 Å². The molecule has 6 heteroatoms. The molecular weight excluding hydrogens is 340 g/mol. The van der Waals surface area contributed by atoms with Gasteiger partial charge in [-0.2, -0.15) is 0 Å². The van der Waals surface area contributed by atoms with Crippen molar-refractivity contribution in [3.8, 4) is 5.75 Å². The van der Waals surface area contributed by atoms with Gasteiger partial charge in [-0.25, -0.2) is 9.97 Å². The normalized spacial score (nSPS) is 10.3. The van der Waals surface area contributed by atoms with Crippen LogP contribution in [-0.2, 0) is 6.54 Å². The number of anilines is 2. The summed E-state index contributed by atoms with van der Waals surface area (Å²) >= 11 is 0. The molecule has 3 rings (SSSR count). The van der Waals surface area contributed by atoms with E-state index in [1.807, 2.05) is 56.3 Å². The molecule has 0 spiro atoms. The van der Waals surface area contributed by atoms with Gasteiger partial charge in [0, 0.05) is 23.9 Å². The molecule has 27 heavy (non-hydrogen) atoms. The van der Waals surface area contributed by atoms with Crippen molar-refractivity contribution < 1.29 is 9.53 Å². The number of aromatic nitrogens is 2. The van der Waals surface area contributed by atoms with Crippen molar-refractivity contribution in [1.29, 1.82) is 0 Å². The van der Waals surface area contributed by atoms with Gasteiger partial charge in [0.2, 0.25) is 0 Å². The average Bonchev–Trinajstić information content (AvgIpc) is 2.70. The van der Waals surface area contributed by atoms with Crippen molar-refractivity contribution in [3.05, 3.63) is 77.2 Å². The fourth-order valence-electron chi connectivity index (χ4n) is 2.69. The largest absolute Gasteiger partial charge is 0.496 e. The van der Waals surface area contributed by atoms with E-state index < -0.39 is 0 Å². The molecule has 138 valence electrons. The maximum absolute atomic E-state index is 12.6. The van der Waals surface area contributed by atoms with Crippen LogP contribution in [0.25, 0.3) is 0 Å². The highest BCUT2D eigenvalue weighted by Crippen LogP contribution is 2.20. The number of nitrogens with zero attached hydrogens (tertiary/aromatic N) is 2. The molecule has 6 nitrogen and oxygen atoms in total. The van der Waals surface area contributed by atoms with Gasteiger partial charge in [-0.1, -0.05) is 30.3 Å². The quantitative estimate of drug-likeness (QED) is 0.694. The van der Waals surface area contributed by atoms with E-state index in [1.54, 1.807) is 13.2 Å². The fourth-order valence-corrected chi connectivity index (χ4v) is 2.69. The second kappa shape index (κ2) is 8.31. The number of nitrogens with one attached hydrogen (secondary N) is 2. The van der Waals surface area contributed by atoms with Crippen LogP contribution < -0.4 is 15.4 Å². The van der Waals surface area contributed by atoms with Crippen LogP contribution in [0, 0.1) is 13.8 Å². The molecule has 0 unspecified atom stereocenters. The first-order valence-corrected chi connectivity index (χ1v) is 8.64. The third-order valence-electron chi connectivity index (χ3n) is 4.41. The Morgan fingerprint density at radius 3 is 2.70 bits per heavy atom. The number of methoxy groups -OCH3 is 1. The third-order valence-corrected chi connectivity index (χ3v) is 4.41. The zero-order valence-corrected chi connectivity index (χ0v) is 15.6. The molecule has 0 aliphatic carbocycles. The van der Waals surface area contributed by atoms with Crippen molar-refractivity contribution in [2.75, 3.05) is 17.7 Å². The molecule has 0 saturated carbocycles. The highest BCUT2D eigenvalue weighted by atomic mass is 16.5. The monoisotopic (exact) mass is 362 g/mol. The molecule has 2 aromatic carbocycles. The molecule has 0 aliphatic rings. The summed E-state index contributed by atoms with van der Waals surface area (Å²) in [5.41, 5.74) is 4.24. The number of ether oxygens (including phenoxy) is 1. The summed E-state index contributed by atoms with van der Waals surface area (Å²) in [6.07, 6.45) is 1.38. The van der Waals surface area contributed by atoms with Gasteiger partial charge in [0.1, 0.15) is 23.6 Å². The van der Waals surface area contributed by atoms with Crippen LogP contribution in [0.1, 0.15) is 27.2 Å². The molecule has 0 fully saturated rings. The standard InChI is InChI=1S/C21H22N4O2/c1-14-7-6-9-17(15(14)2)25-21(26)18-11-20(24-13-23-18)22-12-16-8-4-5-10-19(16)27-3/h4-11,13H,12H2,1-3H3,(H,25,26)(H,22,23,24). The second-order valence-electron chi connectivity index (χ2n) is 6.16. The van der Waals surface area contributed by atoms with Gasteiger partial charge in [0.25, 0.3) is 5.91 Å². The molecular formula is C21H22N4O2. The Morgan fingerprint density at radius 1 is 1.07 bits per heavy atom. The Bertz CT molecular complexity index is 956. The topological polar surface area (TPSA) is 76.1 Å². The molecule has 0 radical (unpaired) electrons. The lowest BCUT2D eigenvalue weighted by Gasteiger charge is -2.11. The highest BCUT2D eigenvalue weighted by Gasteiger charge is 2.11. The van der Waals surface area contributed by atoms with Crippen molar-refractivity contribution in [2.24, 2.45) is 0 Å². The number of carbonyl (C=O) groups excluding carboxylic acids is 1. The van der Waals surface area contributed by atoms with Crippen LogP contribution in [-0.4, -0.2) is 23.0 Å². The summed E-state index contributed by atoms with van der Waals surface area (Å²) in [5.74, 6) is 1.10. The fraction of sp³-hybridized carbons (Fsp3) is 0.190. The van der Waals surface area contributed by atoms with Crippen molar-refractivity contribution in [1.82, 2.24) is 9.97 Å². The van der Waals surface area contributed by atoms with Gasteiger partial charge >= 0.3 is 0 Å². The van der Waals surface area contributed by atoms with Crippen molar-refractivity contribution >= 4 is 17.4 Å². The molecule has 0 atom stereocenters. The molecule has 1 heterocycles. The van der Waals surface area contributed by atoms with E-state index in [4.69, 9.17) is 4.74 Å². The van der Waals surface area contributed by atoms with Gasteiger partial charge in [-0.15, -0.1) is 0 Å². The molecule has 0 bridgehead atoms. The Balaban J connectivity index is 1.71. The minimum atomic E-state index is -0.272. The number of benzene rings is 2. The maximum atomic E-state index is 12.6. The SMILES string of the molecule is COc1ccccc1CNc1cc(C(=O)Nc2cccc(C)c2C)ncn1. The van der Waals surface area contributed by atoms with Gasteiger partial charge in [-0.3, -0.25) is 4.79 Å². The molecule has 3 aromatic rings. The smallest absolute Gasteiger partial charge is 0.274 e. The average molecular weight is 362 g/mol. The lowest BCUT2D eigenvalue weighted by Crippen LogP contribution is -2.15. The van der Waals surface area contributed by atoms with E-state index in [1.165, 1.54) is 6.33 Å². The van der Waals surface area contributed by atoms with Gasteiger partial charge in [-0.05, 0) is 37.1 Å². The summed E-state index contributed by atoms with van der Waals surface area (Å²) in [7, 11) is 1.64. The Morgan fingerprint density at radius 2 is 1.89 bits per heavy atom. The number of aryl methyl sites for hydroxylation is 1. The Labute approximate surface area is 158 Å². The number of hydrogen-bond acceptors (Lipinski definition) is 5. The highest BCUT2D eigenvalue weighted by molar-refractivity contribution is 6.03. The predicted octanol–water partition coefficient (Wildman–Crippen LogP) is 3.97. The number of hydrogen-bond donors (Lipinski definition) is 2. The minimum Gasteiger partial charge on any atom is -0.496 e. The Hall–Kier alpha value is -3.41. The molecule has 0 aliphatic heterocycles. The number of amides is 1. The third kappa shape index (κ3) is 4.41. The summed E-state index contributed by atoms with van der Waals surface area (Å²) in [6.45, 7) is 4.51. The van der Waals surface area contributed by atoms with E-state index in [0.717, 1.165) is 28.1 Å². The van der Waals surface area contributed by atoms with E-state index in [2.05, 4.69) is 20.6 Å². The molecule has 2 N–H and O–H groups in total. The number of para-hydroxylation sites is 1. The van der Waals surface area contributed by atoms with E-state index in [0.29, 0.717) is 18.1 Å². The molecule has 0 saturated heterocycles. The summed E-state index contributed by atoms with van der Waals surface area (Å²) < 4.78 is 5.35. The minimum absolute atomic E-state index is 0.272. The zero-order chi connectivity index (χ0) is 19.2. The first-order valence-electron chi connectivity index (χ1n) is 8.64. The van der Waals surface area contributed by atoms with Gasteiger partial charge < -0.3 is 15.4 Å². The van der Waals surface area contributed by atoms with Crippen LogP contribution >= 0.6 is 0 Å². The second-order valence-corrected chi connectivity index (χ2v) is 6.16. The Kier molecular flexibility index (Phi) is 5.66. The van der Waals surface area contributed by atoms with Crippen LogP contribution in [0.15, 0.2) is 54.9 Å². The van der Waals surface area contributed by atoms with E-state index >= 15 is 0 Å². The number of rotatable bonds is 6. The summed E-state index contributed by atoms with van der Waals surface area (Å²) in [4.78, 5) is 20.8. The van der Waals surface area contributed by atoms with E-state index in [-0.39, 0.29) is 5.91 Å². The van der Waals surface area contributed by atoms with Crippen LogP contribution in [0.4, 0.5) is 11.5 Å². The van der Waals surface area contributed by atoms with Crippen LogP contribution in [0.3, 0.4) is 0 Å². The van der Waals surface area contributed by atoms with Gasteiger partial charge in [0.15, 0.2) is 0 Å². The maximum Gasteiger partial charge on any atom is 0.274 e. The first-order chi connectivity index (χ1) is 13.1. The number of carbonyl (C=O) groups is 1. The molecule has 1 amide bonds. The lowest BCUT2D eigenvalue weighted by atomic mass is 10.1. The van der Waals surface area contributed by atoms with E-state index in [9.17, 15) is 4.79 Å². The lowest BCUT2D eigenvalue weighted by molar-refractivity contribution is 0.102. The first kappa shape index (κ1) is 18.4. The van der Waals surface area contributed by atoms with Crippen molar-refractivity contribution in [3.63, 3.8) is 0 Å². The van der Waals surface area contributed by atoms with Crippen molar-refractivity contribution in [2.45, 2.75) is 20.4 Å². The summed E-state index contributed by atoms with van der Waals surface area (Å²) in [6, 6.07) is 15.2. The summed E-state index contributed by atoms with van der Waals surface area (Å²) in [5, 5.41) is 6.11. The predicted molar refractivity (Wildman–Crippen MR) is 106 cm³/mol. The zero-order valence-electron chi connectivity index (χ0n) is 15.6. The molecule has 1 aromatic heterocycles. The van der Waals surface area contributed by atoms with Gasteiger partial charge in [0.05, 0.1) is 7.11 Å².